The Bertz CT molecular complexity index is 559. The van der Waals surface area contributed by atoms with Crippen LogP contribution in [-0.2, 0) is 0 Å². The van der Waals surface area contributed by atoms with Crippen molar-refractivity contribution in [2.75, 3.05) is 33.2 Å². The van der Waals surface area contributed by atoms with Crippen LogP contribution in [0.3, 0.4) is 0 Å². The minimum Gasteiger partial charge on any atom is -0.340 e. The first-order chi connectivity index (χ1) is 10.4. The predicted octanol–water partition coefficient (Wildman–Crippen LogP) is 2.80. The lowest BCUT2D eigenvalue weighted by Gasteiger charge is -2.28. The molecule has 3 nitrogen and oxygen atoms in total. The van der Waals surface area contributed by atoms with Crippen LogP contribution in [0.15, 0.2) is 6.07 Å². The van der Waals surface area contributed by atoms with Gasteiger partial charge in [-0.3, -0.25) is 4.79 Å². The summed E-state index contributed by atoms with van der Waals surface area (Å²) in [4.78, 5) is 15.4. The Morgan fingerprint density at radius 3 is 2.36 bits per heavy atom. The summed E-state index contributed by atoms with van der Waals surface area (Å²) < 4.78 is 52.9. The summed E-state index contributed by atoms with van der Waals surface area (Å²) in [5, 5.41) is 0. The Labute approximate surface area is 126 Å². The van der Waals surface area contributed by atoms with Crippen LogP contribution in [0.5, 0.6) is 0 Å². The van der Waals surface area contributed by atoms with Crippen LogP contribution in [0.25, 0.3) is 0 Å². The van der Waals surface area contributed by atoms with Gasteiger partial charge in [-0.1, -0.05) is 6.42 Å². The molecule has 0 atom stereocenters. The fraction of sp³-hybridized carbons (Fsp3) is 0.533. The van der Waals surface area contributed by atoms with Gasteiger partial charge in [-0.25, -0.2) is 17.6 Å². The number of nitrogens with zero attached hydrogens (tertiary/aromatic N) is 2. The molecule has 1 aliphatic rings. The summed E-state index contributed by atoms with van der Waals surface area (Å²) in [6.07, 6.45) is 3.38. The van der Waals surface area contributed by atoms with E-state index in [1.54, 1.807) is 0 Å². The molecule has 1 aliphatic heterocycles. The average molecular weight is 318 g/mol. The lowest BCUT2D eigenvalue weighted by molar-refractivity contribution is 0.0766. The van der Waals surface area contributed by atoms with Gasteiger partial charge in [-0.05, 0) is 32.0 Å². The molecule has 0 N–H and O–H groups in total. The molecule has 0 aliphatic carbocycles. The van der Waals surface area contributed by atoms with Crippen LogP contribution < -0.4 is 0 Å². The largest absolute Gasteiger partial charge is 0.340 e. The zero-order valence-electron chi connectivity index (χ0n) is 12.3. The van der Waals surface area contributed by atoms with Crippen molar-refractivity contribution in [1.29, 1.82) is 0 Å². The van der Waals surface area contributed by atoms with Gasteiger partial charge in [-0.2, -0.15) is 0 Å². The monoisotopic (exact) mass is 318 g/mol. The van der Waals surface area contributed by atoms with Crippen LogP contribution in [0.1, 0.15) is 29.6 Å². The lowest BCUT2D eigenvalue weighted by atomic mass is 10.1. The summed E-state index contributed by atoms with van der Waals surface area (Å²) in [5.41, 5.74) is -0.794. The van der Waals surface area contributed by atoms with Crippen molar-refractivity contribution in [3.8, 4) is 0 Å². The first-order valence-electron chi connectivity index (χ1n) is 7.22. The van der Waals surface area contributed by atoms with Gasteiger partial charge in [0.1, 0.15) is 0 Å². The van der Waals surface area contributed by atoms with Crippen molar-refractivity contribution >= 4 is 5.91 Å². The summed E-state index contributed by atoms with van der Waals surface area (Å²) in [7, 11) is 1.42. The smallest absolute Gasteiger partial charge is 0.256 e. The molecular formula is C15H18F4N2O. The third-order valence-electron chi connectivity index (χ3n) is 3.88. The Balaban J connectivity index is 2.04. The van der Waals surface area contributed by atoms with Crippen molar-refractivity contribution in [3.05, 3.63) is 34.9 Å². The fourth-order valence-electron chi connectivity index (χ4n) is 2.51. The summed E-state index contributed by atoms with van der Waals surface area (Å²) in [6, 6.07) is 0.396. The number of likely N-dealkylation sites (N-methyl/N-ethyl adjacent to an activating group) is 1. The molecule has 1 saturated heterocycles. The maximum atomic E-state index is 13.6. The number of carbonyl (C=O) groups is 1. The van der Waals surface area contributed by atoms with Gasteiger partial charge in [0.15, 0.2) is 23.3 Å². The van der Waals surface area contributed by atoms with Gasteiger partial charge in [0.05, 0.1) is 5.56 Å². The first-order valence-corrected chi connectivity index (χ1v) is 7.22. The molecule has 1 fully saturated rings. The number of hydrogen-bond acceptors (Lipinski definition) is 2. The van der Waals surface area contributed by atoms with E-state index in [0.717, 1.165) is 25.9 Å². The van der Waals surface area contributed by atoms with Crippen molar-refractivity contribution in [2.24, 2.45) is 0 Å². The van der Waals surface area contributed by atoms with E-state index < -0.39 is 34.7 Å². The molecule has 1 heterocycles. The maximum Gasteiger partial charge on any atom is 0.256 e. The standard InChI is InChI=1S/C15H18F4N2O/c1-20(7-8-21-5-3-2-4-6-21)15(22)10-9-11(16)13(18)14(19)12(10)17/h9H,2-8H2,1H3. The van der Waals surface area contributed by atoms with E-state index in [2.05, 4.69) is 4.90 Å². The minimum atomic E-state index is -1.97. The number of piperidine rings is 1. The zero-order valence-corrected chi connectivity index (χ0v) is 12.3. The third kappa shape index (κ3) is 3.58. The number of carbonyl (C=O) groups excluding carboxylic acids is 1. The molecule has 1 amide bonds. The molecule has 22 heavy (non-hydrogen) atoms. The minimum absolute atomic E-state index is 0.304. The number of rotatable bonds is 4. The molecule has 2 rings (SSSR count). The zero-order chi connectivity index (χ0) is 16.3. The van der Waals surface area contributed by atoms with Crippen molar-refractivity contribution in [1.82, 2.24) is 9.80 Å². The second kappa shape index (κ2) is 7.09. The number of amides is 1. The highest BCUT2D eigenvalue weighted by Gasteiger charge is 2.25. The molecular weight excluding hydrogens is 300 g/mol. The molecule has 0 aromatic heterocycles. The molecule has 0 unspecified atom stereocenters. The molecule has 0 bridgehead atoms. The van der Waals surface area contributed by atoms with Gasteiger partial charge in [0.25, 0.3) is 5.91 Å². The Morgan fingerprint density at radius 2 is 1.73 bits per heavy atom. The van der Waals surface area contributed by atoms with E-state index in [1.165, 1.54) is 18.4 Å². The Hall–Kier alpha value is -1.63. The van der Waals surface area contributed by atoms with Crippen LogP contribution >= 0.6 is 0 Å². The number of halogens is 4. The van der Waals surface area contributed by atoms with Gasteiger partial charge in [0, 0.05) is 20.1 Å². The van der Waals surface area contributed by atoms with Crippen molar-refractivity contribution in [2.45, 2.75) is 19.3 Å². The molecule has 0 saturated carbocycles. The third-order valence-corrected chi connectivity index (χ3v) is 3.88. The molecule has 1 aromatic rings. The van der Waals surface area contributed by atoms with Crippen LogP contribution in [0, 0.1) is 23.3 Å². The maximum absolute atomic E-state index is 13.6. The predicted molar refractivity (Wildman–Crippen MR) is 73.5 cm³/mol. The van der Waals surface area contributed by atoms with E-state index in [0.29, 0.717) is 19.2 Å². The molecule has 7 heteroatoms. The molecule has 122 valence electrons. The number of likely N-dealkylation sites (tertiary alicyclic amines) is 1. The van der Waals surface area contributed by atoms with Crippen LogP contribution in [-0.4, -0.2) is 48.9 Å². The van der Waals surface area contributed by atoms with E-state index in [1.807, 2.05) is 0 Å². The number of benzene rings is 1. The molecule has 0 radical (unpaired) electrons. The highest BCUT2D eigenvalue weighted by Crippen LogP contribution is 2.20. The van der Waals surface area contributed by atoms with Crippen LogP contribution in [0.2, 0.25) is 0 Å². The second-order valence-electron chi connectivity index (χ2n) is 5.48. The fourth-order valence-corrected chi connectivity index (χ4v) is 2.51. The summed E-state index contributed by atoms with van der Waals surface area (Å²) in [5.74, 6) is -7.98. The van der Waals surface area contributed by atoms with E-state index >= 15 is 0 Å². The lowest BCUT2D eigenvalue weighted by Crippen LogP contribution is -2.39. The summed E-state index contributed by atoms with van der Waals surface area (Å²) >= 11 is 0. The van der Waals surface area contributed by atoms with E-state index in [4.69, 9.17) is 0 Å². The van der Waals surface area contributed by atoms with Gasteiger partial charge >= 0.3 is 0 Å². The Morgan fingerprint density at radius 1 is 1.09 bits per heavy atom. The van der Waals surface area contributed by atoms with Crippen molar-refractivity contribution < 1.29 is 22.4 Å². The molecule has 0 spiro atoms. The SMILES string of the molecule is CN(CCN1CCCCC1)C(=O)c1cc(F)c(F)c(F)c1F. The van der Waals surface area contributed by atoms with Crippen LogP contribution in [0.4, 0.5) is 17.6 Å². The topological polar surface area (TPSA) is 23.6 Å². The van der Waals surface area contributed by atoms with Gasteiger partial charge in [0.2, 0.25) is 0 Å². The first kappa shape index (κ1) is 16.7. The Kier molecular flexibility index (Phi) is 5.39. The van der Waals surface area contributed by atoms with E-state index in [9.17, 15) is 22.4 Å². The summed E-state index contributed by atoms with van der Waals surface area (Å²) in [6.45, 7) is 2.79. The quantitative estimate of drug-likeness (QED) is 0.484. The second-order valence-corrected chi connectivity index (χ2v) is 5.48. The normalized spacial score (nSPS) is 15.9. The highest BCUT2D eigenvalue weighted by atomic mass is 19.2. The van der Waals surface area contributed by atoms with E-state index in [-0.39, 0.29) is 0 Å². The number of hydrogen-bond donors (Lipinski definition) is 0. The highest BCUT2D eigenvalue weighted by molar-refractivity contribution is 5.94. The van der Waals surface area contributed by atoms with Gasteiger partial charge in [-0.15, -0.1) is 0 Å². The van der Waals surface area contributed by atoms with Crippen molar-refractivity contribution in [3.63, 3.8) is 0 Å². The average Bonchev–Trinajstić information content (AvgIpc) is 2.54. The van der Waals surface area contributed by atoms with Gasteiger partial charge < -0.3 is 9.80 Å². The molecule has 1 aromatic carbocycles.